The molecule has 19 heteroatoms. The molecule has 0 radical (unpaired) electrons. The third kappa shape index (κ3) is 6.96. The molecular weight excluding hydrogens is 593 g/mol. The summed E-state index contributed by atoms with van der Waals surface area (Å²) in [5, 5.41) is 31.1. The predicted molar refractivity (Wildman–Crippen MR) is 139 cm³/mol. The van der Waals surface area contributed by atoms with E-state index in [1.54, 1.807) is 13.8 Å². The molecule has 0 spiro atoms. The lowest BCUT2D eigenvalue weighted by Gasteiger charge is -2.29. The fraction of sp³-hybridized carbons (Fsp3) is 0.682. The van der Waals surface area contributed by atoms with Crippen LogP contribution in [0.3, 0.4) is 0 Å². The van der Waals surface area contributed by atoms with Crippen LogP contribution in [-0.4, -0.2) is 98.8 Å². The van der Waals surface area contributed by atoms with Gasteiger partial charge < -0.3 is 28.7 Å². The van der Waals surface area contributed by atoms with Crippen molar-refractivity contribution in [2.45, 2.75) is 63.3 Å². The minimum Gasteiger partial charge on any atom is -0.394 e. The highest BCUT2D eigenvalue weighted by molar-refractivity contribution is 8.07. The molecular formula is C22H29F2N6O9PS. The number of nitriles is 1. The van der Waals surface area contributed by atoms with Crippen LogP contribution in [0.1, 0.15) is 26.5 Å². The van der Waals surface area contributed by atoms with Gasteiger partial charge in [0.25, 0.3) is 5.56 Å². The van der Waals surface area contributed by atoms with Crippen molar-refractivity contribution in [1.29, 1.82) is 5.26 Å². The van der Waals surface area contributed by atoms with E-state index in [0.29, 0.717) is 0 Å². The van der Waals surface area contributed by atoms with Crippen LogP contribution in [-0.2, 0) is 39.6 Å². The van der Waals surface area contributed by atoms with Gasteiger partial charge in [-0.1, -0.05) is 13.8 Å². The summed E-state index contributed by atoms with van der Waals surface area (Å²) in [6, 6.07) is 1.86. The molecule has 4 N–H and O–H groups in total. The maximum Gasteiger partial charge on any atom is 0.327 e. The molecule has 0 aliphatic carbocycles. The number of ether oxygens (including phenoxy) is 2. The fourth-order valence-electron chi connectivity index (χ4n) is 4.02. The molecule has 8 atom stereocenters. The van der Waals surface area contributed by atoms with Gasteiger partial charge in [-0.2, -0.15) is 10.2 Å². The lowest BCUT2D eigenvalue weighted by Crippen LogP contribution is -2.33. The maximum absolute atomic E-state index is 15.6. The largest absolute Gasteiger partial charge is 0.394 e. The lowest BCUT2D eigenvalue weighted by atomic mass is 10.1. The standard InChI is InChI=1S/C22H29F2N6O9PS/c1-10(2)19(33)28-22-27-18-15(20(34)29-22)26-9-30(18)21-17(14(24)12(6-31)38-21)39-40(41,36-5-3-4-25)37-8-13-16(32)11(23)7-35-13/h9-14,16-17,21,31-32H,3,5-8H2,1-2H3,(H2,27,28,29,33,34)/t11-,12-,13-,14-,16+,17-,21-,40?/m1/s1. The number of aromatic amines is 1. The van der Waals surface area contributed by atoms with Crippen molar-refractivity contribution in [3.8, 4) is 6.07 Å². The Morgan fingerprint density at radius 2 is 2.17 bits per heavy atom. The molecule has 1 unspecified atom stereocenters. The molecule has 0 aromatic carbocycles. The first-order chi connectivity index (χ1) is 19.5. The average Bonchev–Trinajstić information content (AvgIpc) is 3.59. The molecule has 0 saturated carbocycles. The highest BCUT2D eigenvalue weighted by atomic mass is 32.5. The number of amides is 1. The van der Waals surface area contributed by atoms with E-state index in [2.05, 4.69) is 20.3 Å². The van der Waals surface area contributed by atoms with E-state index in [-0.39, 0.29) is 36.7 Å². The molecule has 2 aromatic rings. The number of alkyl halides is 2. The van der Waals surface area contributed by atoms with Gasteiger partial charge in [-0.05, 0) is 11.8 Å². The van der Waals surface area contributed by atoms with Crippen molar-refractivity contribution in [2.75, 3.05) is 31.7 Å². The van der Waals surface area contributed by atoms with Crippen LogP contribution >= 0.6 is 6.72 Å². The number of anilines is 1. The van der Waals surface area contributed by atoms with Crippen LogP contribution in [0.4, 0.5) is 14.7 Å². The fourth-order valence-corrected chi connectivity index (χ4v) is 6.08. The Morgan fingerprint density at radius 3 is 2.80 bits per heavy atom. The number of aliphatic hydroxyl groups excluding tert-OH is 2. The van der Waals surface area contributed by atoms with Crippen LogP contribution in [0.25, 0.3) is 11.2 Å². The number of aliphatic hydroxyl groups is 2. The summed E-state index contributed by atoms with van der Waals surface area (Å²) in [7, 11) is 0. The molecule has 226 valence electrons. The minimum atomic E-state index is -3.93. The summed E-state index contributed by atoms with van der Waals surface area (Å²) < 4.78 is 58.3. The molecule has 15 nitrogen and oxygen atoms in total. The summed E-state index contributed by atoms with van der Waals surface area (Å²) >= 11 is 5.45. The first-order valence-electron chi connectivity index (χ1n) is 12.5. The number of nitrogens with zero attached hydrogens (tertiary/aromatic N) is 4. The van der Waals surface area contributed by atoms with Crippen LogP contribution in [0, 0.1) is 17.2 Å². The SMILES string of the molecule is CC(C)C(=O)Nc1nc2c(ncn2[C@@H]2O[C@H](CO)[C@@H](F)[C@H]2OP(=S)(OCCC#N)OC[C@H]2OC[C@@H](F)[C@@H]2O)c(=O)[nH]1. The van der Waals surface area contributed by atoms with Crippen molar-refractivity contribution in [3.63, 3.8) is 0 Å². The topological polar surface area (TPSA) is 203 Å². The Bertz CT molecular complexity index is 1390. The normalized spacial score (nSPS) is 29.6. The van der Waals surface area contributed by atoms with E-state index < -0.39 is 80.3 Å². The van der Waals surface area contributed by atoms with Crippen LogP contribution in [0.2, 0.25) is 0 Å². The smallest absolute Gasteiger partial charge is 0.327 e. The monoisotopic (exact) mass is 622 g/mol. The second-order valence-electron chi connectivity index (χ2n) is 9.51. The second kappa shape index (κ2) is 13.2. The third-order valence-corrected chi connectivity index (χ3v) is 8.61. The molecule has 2 saturated heterocycles. The number of H-pyrrole nitrogens is 1. The molecule has 4 heterocycles. The Morgan fingerprint density at radius 1 is 1.41 bits per heavy atom. The van der Waals surface area contributed by atoms with Crippen molar-refractivity contribution in [3.05, 3.63) is 16.7 Å². The number of hydrogen-bond acceptors (Lipinski definition) is 13. The zero-order valence-electron chi connectivity index (χ0n) is 21.9. The van der Waals surface area contributed by atoms with E-state index in [4.69, 9.17) is 40.1 Å². The predicted octanol–water partition coefficient (Wildman–Crippen LogP) is 0.596. The quantitative estimate of drug-likeness (QED) is 0.189. The number of carbonyl (C=O) groups is 1. The van der Waals surface area contributed by atoms with Crippen LogP contribution < -0.4 is 10.9 Å². The zero-order valence-corrected chi connectivity index (χ0v) is 23.6. The van der Waals surface area contributed by atoms with Gasteiger partial charge in [0, 0.05) is 5.92 Å². The maximum atomic E-state index is 15.6. The van der Waals surface area contributed by atoms with E-state index in [0.717, 1.165) is 6.33 Å². The Hall–Kier alpha value is -2.46. The van der Waals surface area contributed by atoms with Gasteiger partial charge in [-0.3, -0.25) is 29.0 Å². The zero-order chi connectivity index (χ0) is 29.9. The molecule has 4 rings (SSSR count). The van der Waals surface area contributed by atoms with E-state index in [1.165, 1.54) is 4.57 Å². The van der Waals surface area contributed by atoms with Crippen molar-refractivity contribution < 1.29 is 46.8 Å². The summed E-state index contributed by atoms with van der Waals surface area (Å²) in [5.41, 5.74) is -0.964. The molecule has 2 aliphatic heterocycles. The number of imidazole rings is 1. The van der Waals surface area contributed by atoms with E-state index >= 15 is 4.39 Å². The third-order valence-electron chi connectivity index (χ3n) is 6.25. The number of fused-ring (bicyclic) bond motifs is 1. The number of hydrogen-bond donors (Lipinski definition) is 4. The number of aromatic nitrogens is 4. The summed E-state index contributed by atoms with van der Waals surface area (Å²) in [4.78, 5) is 35.4. The van der Waals surface area contributed by atoms with Gasteiger partial charge in [0.2, 0.25) is 11.9 Å². The number of rotatable bonds is 12. The van der Waals surface area contributed by atoms with Gasteiger partial charge in [0.1, 0.15) is 24.4 Å². The summed E-state index contributed by atoms with van der Waals surface area (Å²) in [6.07, 6.45) is -9.66. The lowest BCUT2D eigenvalue weighted by molar-refractivity contribution is -0.118. The molecule has 2 fully saturated rings. The van der Waals surface area contributed by atoms with E-state index in [9.17, 15) is 24.2 Å². The number of carbonyl (C=O) groups excluding carboxylic acids is 1. The Labute approximate surface area is 237 Å². The highest BCUT2D eigenvalue weighted by Crippen LogP contribution is 2.55. The van der Waals surface area contributed by atoms with Crippen LogP contribution in [0.5, 0.6) is 0 Å². The molecule has 41 heavy (non-hydrogen) atoms. The van der Waals surface area contributed by atoms with Gasteiger partial charge in [0.05, 0.1) is 45.2 Å². The van der Waals surface area contributed by atoms with Gasteiger partial charge in [-0.25, -0.2) is 13.8 Å². The molecule has 1 amide bonds. The average molecular weight is 623 g/mol. The van der Waals surface area contributed by atoms with Crippen molar-refractivity contribution in [2.24, 2.45) is 5.92 Å². The first-order valence-corrected chi connectivity index (χ1v) is 15.1. The number of halogens is 2. The number of nitrogens with one attached hydrogen (secondary N) is 2. The molecule has 0 bridgehead atoms. The summed E-state index contributed by atoms with van der Waals surface area (Å²) in [5.74, 6) is -1.04. The van der Waals surface area contributed by atoms with Gasteiger partial charge >= 0.3 is 6.72 Å². The summed E-state index contributed by atoms with van der Waals surface area (Å²) in [6.45, 7) is -2.49. The second-order valence-corrected chi connectivity index (χ2v) is 12.5. The minimum absolute atomic E-state index is 0.103. The van der Waals surface area contributed by atoms with Crippen molar-refractivity contribution >= 4 is 41.5 Å². The van der Waals surface area contributed by atoms with Gasteiger partial charge in [-0.15, -0.1) is 0 Å². The van der Waals surface area contributed by atoms with E-state index in [1.807, 2.05) is 6.07 Å². The first kappa shape index (κ1) is 31.5. The Kier molecular flexibility index (Phi) is 10.2. The van der Waals surface area contributed by atoms with Crippen LogP contribution in [0.15, 0.2) is 11.1 Å². The Balaban J connectivity index is 1.65. The van der Waals surface area contributed by atoms with Gasteiger partial charge in [0.15, 0.2) is 29.7 Å². The molecule has 2 aliphatic rings. The van der Waals surface area contributed by atoms with Crippen molar-refractivity contribution in [1.82, 2.24) is 19.5 Å². The highest BCUT2D eigenvalue weighted by Gasteiger charge is 2.50. The molecule has 2 aromatic heterocycles.